The lowest BCUT2D eigenvalue weighted by atomic mass is 9.96. The predicted octanol–water partition coefficient (Wildman–Crippen LogP) is 3.85. The van der Waals surface area contributed by atoms with Crippen molar-refractivity contribution in [1.82, 2.24) is 9.80 Å². The van der Waals surface area contributed by atoms with Crippen LogP contribution < -0.4 is 5.32 Å². The summed E-state index contributed by atoms with van der Waals surface area (Å²) in [6.45, 7) is 7.03. The molecule has 0 radical (unpaired) electrons. The lowest BCUT2D eigenvalue weighted by molar-refractivity contribution is -0.132. The molecular formula is C20H31N3O2. The van der Waals surface area contributed by atoms with Crippen LogP contribution in [0.4, 0.5) is 10.5 Å². The number of para-hydroxylation sites is 1. The Balaban J connectivity index is 2.26. The number of nitrogens with one attached hydrogen (secondary N) is 1. The average Bonchev–Trinajstić information content (AvgIpc) is 3.05. The number of carbonyl (C=O) groups is 2. The molecule has 3 amide bonds. The van der Waals surface area contributed by atoms with Crippen molar-refractivity contribution in [2.75, 3.05) is 26.0 Å². The number of benzene rings is 1. The number of hydrogen-bond donors (Lipinski definition) is 1. The third-order valence-corrected chi connectivity index (χ3v) is 4.80. The number of anilines is 1. The molecule has 0 aromatic heterocycles. The Morgan fingerprint density at radius 1 is 1.32 bits per heavy atom. The van der Waals surface area contributed by atoms with Gasteiger partial charge in [0, 0.05) is 26.3 Å². The second-order valence-corrected chi connectivity index (χ2v) is 7.30. The summed E-state index contributed by atoms with van der Waals surface area (Å²) < 4.78 is 0. The third-order valence-electron chi connectivity index (χ3n) is 4.80. The maximum absolute atomic E-state index is 12.9. The highest BCUT2D eigenvalue weighted by Gasteiger charge is 2.35. The van der Waals surface area contributed by atoms with Gasteiger partial charge < -0.3 is 15.1 Å². The number of likely N-dealkylation sites (tertiary alicyclic amines) is 1. The molecule has 5 heteroatoms. The lowest BCUT2D eigenvalue weighted by Gasteiger charge is -2.27. The van der Waals surface area contributed by atoms with Crippen molar-refractivity contribution < 1.29 is 9.59 Å². The molecule has 1 aromatic rings. The van der Waals surface area contributed by atoms with E-state index in [0.29, 0.717) is 12.5 Å². The Bertz CT molecular complexity index is 625. The highest BCUT2D eigenvalue weighted by Crippen LogP contribution is 2.30. The summed E-state index contributed by atoms with van der Waals surface area (Å²) in [7, 11) is 3.48. The van der Waals surface area contributed by atoms with Gasteiger partial charge in [0.15, 0.2) is 0 Å². The van der Waals surface area contributed by atoms with Gasteiger partial charge in [0.1, 0.15) is 6.04 Å². The molecule has 1 N–H and O–H groups in total. The molecule has 2 rings (SSSR count). The largest absolute Gasteiger partial charge is 0.347 e. The van der Waals surface area contributed by atoms with E-state index < -0.39 is 0 Å². The minimum Gasteiger partial charge on any atom is -0.347 e. The fourth-order valence-corrected chi connectivity index (χ4v) is 3.47. The Kier molecular flexibility index (Phi) is 6.45. The van der Waals surface area contributed by atoms with Crippen LogP contribution in [0.15, 0.2) is 18.2 Å². The van der Waals surface area contributed by atoms with Crippen molar-refractivity contribution in [3.63, 3.8) is 0 Å². The summed E-state index contributed by atoms with van der Waals surface area (Å²) in [6, 6.07) is 5.70. The van der Waals surface area contributed by atoms with E-state index in [2.05, 4.69) is 44.3 Å². The smallest absolute Gasteiger partial charge is 0.322 e. The summed E-state index contributed by atoms with van der Waals surface area (Å²) in [5, 5.41) is 3.13. The molecule has 1 saturated heterocycles. The first-order valence-corrected chi connectivity index (χ1v) is 9.27. The number of amides is 3. The number of hydrogen-bond acceptors (Lipinski definition) is 2. The minimum atomic E-state index is -0.351. The first-order chi connectivity index (χ1) is 11.9. The summed E-state index contributed by atoms with van der Waals surface area (Å²) in [6.07, 6.45) is 3.55. The van der Waals surface area contributed by atoms with Crippen LogP contribution >= 0.6 is 0 Å². The van der Waals surface area contributed by atoms with E-state index in [0.717, 1.165) is 42.5 Å². The molecule has 1 atom stereocenters. The van der Waals surface area contributed by atoms with Crippen LogP contribution in [0, 0.1) is 0 Å². The molecule has 1 aliphatic heterocycles. The SMILES string of the molecule is CCCc1cccc(C(C)C)c1NC(=O)N1CCC[C@@H]1C(=O)N(C)C. The molecule has 0 unspecified atom stereocenters. The van der Waals surface area contributed by atoms with Crippen LogP contribution in [0.5, 0.6) is 0 Å². The molecule has 0 bridgehead atoms. The van der Waals surface area contributed by atoms with Crippen LogP contribution in [0.3, 0.4) is 0 Å². The molecule has 0 aliphatic carbocycles. The number of likely N-dealkylation sites (N-methyl/N-ethyl adjacent to an activating group) is 1. The van der Waals surface area contributed by atoms with Crippen LogP contribution in [0.25, 0.3) is 0 Å². The Morgan fingerprint density at radius 2 is 2.04 bits per heavy atom. The fourth-order valence-electron chi connectivity index (χ4n) is 3.47. The number of rotatable bonds is 5. The quantitative estimate of drug-likeness (QED) is 0.881. The summed E-state index contributed by atoms with van der Waals surface area (Å²) in [5.74, 6) is 0.323. The van der Waals surface area contributed by atoms with E-state index in [4.69, 9.17) is 0 Å². The van der Waals surface area contributed by atoms with Gasteiger partial charge in [-0.2, -0.15) is 0 Å². The van der Waals surface area contributed by atoms with Gasteiger partial charge in [-0.1, -0.05) is 45.4 Å². The van der Waals surface area contributed by atoms with E-state index in [1.807, 2.05) is 0 Å². The standard InChI is InChI=1S/C20H31N3O2/c1-6-9-15-10-7-11-16(14(2)3)18(15)21-20(25)23-13-8-12-17(23)19(24)22(4)5/h7,10-11,14,17H,6,8-9,12-13H2,1-5H3,(H,21,25)/t17-/m1/s1. The molecular weight excluding hydrogens is 314 g/mol. The van der Waals surface area contributed by atoms with Crippen molar-refractivity contribution >= 4 is 17.6 Å². The highest BCUT2D eigenvalue weighted by atomic mass is 16.2. The number of nitrogens with zero attached hydrogens (tertiary/aromatic N) is 2. The lowest BCUT2D eigenvalue weighted by Crippen LogP contribution is -2.47. The van der Waals surface area contributed by atoms with Gasteiger partial charge in [0.25, 0.3) is 0 Å². The van der Waals surface area contributed by atoms with Crippen LogP contribution in [-0.4, -0.2) is 48.4 Å². The zero-order chi connectivity index (χ0) is 18.6. The van der Waals surface area contributed by atoms with Crippen molar-refractivity contribution in [2.45, 2.75) is 58.4 Å². The maximum atomic E-state index is 12.9. The monoisotopic (exact) mass is 345 g/mol. The predicted molar refractivity (Wildman–Crippen MR) is 102 cm³/mol. The van der Waals surface area contributed by atoms with E-state index >= 15 is 0 Å². The minimum absolute atomic E-state index is 0.00132. The van der Waals surface area contributed by atoms with Crippen molar-refractivity contribution in [3.05, 3.63) is 29.3 Å². The molecule has 0 spiro atoms. The van der Waals surface area contributed by atoms with Gasteiger partial charge >= 0.3 is 6.03 Å². The summed E-state index contributed by atoms with van der Waals surface area (Å²) >= 11 is 0. The molecule has 5 nitrogen and oxygen atoms in total. The first kappa shape index (κ1) is 19.3. The Labute approximate surface area is 151 Å². The van der Waals surface area contributed by atoms with Gasteiger partial charge in [-0.05, 0) is 36.3 Å². The second-order valence-electron chi connectivity index (χ2n) is 7.30. The van der Waals surface area contributed by atoms with Gasteiger partial charge in [0.2, 0.25) is 5.91 Å². The van der Waals surface area contributed by atoms with E-state index in [-0.39, 0.29) is 18.0 Å². The van der Waals surface area contributed by atoms with Crippen molar-refractivity contribution in [1.29, 1.82) is 0 Å². The van der Waals surface area contributed by atoms with E-state index in [1.165, 1.54) is 0 Å². The van der Waals surface area contributed by atoms with Crippen LogP contribution in [-0.2, 0) is 11.2 Å². The van der Waals surface area contributed by atoms with Crippen LogP contribution in [0.2, 0.25) is 0 Å². The molecule has 138 valence electrons. The Morgan fingerprint density at radius 3 is 2.64 bits per heavy atom. The van der Waals surface area contributed by atoms with Crippen LogP contribution in [0.1, 0.15) is 57.1 Å². The molecule has 1 heterocycles. The maximum Gasteiger partial charge on any atom is 0.322 e. The molecule has 1 aromatic carbocycles. The van der Waals surface area contributed by atoms with Gasteiger partial charge in [0.05, 0.1) is 0 Å². The van der Waals surface area contributed by atoms with Crippen molar-refractivity contribution in [3.8, 4) is 0 Å². The van der Waals surface area contributed by atoms with E-state index in [1.54, 1.807) is 23.9 Å². The number of carbonyl (C=O) groups excluding carboxylic acids is 2. The first-order valence-electron chi connectivity index (χ1n) is 9.27. The normalized spacial score (nSPS) is 17.0. The highest BCUT2D eigenvalue weighted by molar-refractivity contribution is 5.95. The van der Waals surface area contributed by atoms with Gasteiger partial charge in [-0.3, -0.25) is 4.79 Å². The summed E-state index contributed by atoms with van der Waals surface area (Å²) in [4.78, 5) is 28.5. The Hall–Kier alpha value is -2.04. The third kappa shape index (κ3) is 4.33. The average molecular weight is 345 g/mol. The zero-order valence-electron chi connectivity index (χ0n) is 16.1. The second kappa shape index (κ2) is 8.37. The summed E-state index contributed by atoms with van der Waals surface area (Å²) in [5.41, 5.74) is 3.23. The van der Waals surface area contributed by atoms with E-state index in [9.17, 15) is 9.59 Å². The number of aryl methyl sites for hydroxylation is 1. The molecule has 1 aliphatic rings. The zero-order valence-corrected chi connectivity index (χ0v) is 16.1. The fraction of sp³-hybridized carbons (Fsp3) is 0.600. The molecule has 25 heavy (non-hydrogen) atoms. The topological polar surface area (TPSA) is 52.7 Å². The van der Waals surface area contributed by atoms with Gasteiger partial charge in [-0.15, -0.1) is 0 Å². The van der Waals surface area contributed by atoms with Crippen molar-refractivity contribution in [2.24, 2.45) is 0 Å². The number of urea groups is 1. The molecule has 1 fully saturated rings. The molecule has 0 saturated carbocycles. The van der Waals surface area contributed by atoms with Gasteiger partial charge in [-0.25, -0.2) is 4.79 Å².